The van der Waals surface area contributed by atoms with Gasteiger partial charge in [0, 0.05) is 0 Å². The molecule has 1 fully saturated rings. The highest BCUT2D eigenvalue weighted by atomic mass is 14.4. The van der Waals surface area contributed by atoms with E-state index in [1.54, 1.807) is 38.5 Å². The number of unbranched alkanes of at least 4 members (excludes halogenated alkanes) is 18. The van der Waals surface area contributed by atoms with Gasteiger partial charge in [-0.3, -0.25) is 0 Å². The minimum atomic E-state index is 1.06. The normalized spacial score (nSPS) is 22.3. The van der Waals surface area contributed by atoms with Crippen molar-refractivity contribution in [2.45, 2.75) is 207 Å². The molecule has 1 saturated carbocycles. The fourth-order valence-electron chi connectivity index (χ4n) is 7.36. The fourth-order valence-corrected chi connectivity index (χ4v) is 7.36. The van der Waals surface area contributed by atoms with Gasteiger partial charge in [-0.05, 0) is 36.5 Å². The zero-order chi connectivity index (χ0) is 26.1. The third-order valence-electron chi connectivity index (χ3n) is 9.76. The summed E-state index contributed by atoms with van der Waals surface area (Å²) in [4.78, 5) is 0. The van der Waals surface area contributed by atoms with Crippen LogP contribution in [0.1, 0.15) is 207 Å². The van der Waals surface area contributed by atoms with Crippen LogP contribution in [-0.4, -0.2) is 0 Å². The summed E-state index contributed by atoms with van der Waals surface area (Å²) in [5.41, 5.74) is 0. The van der Waals surface area contributed by atoms with Gasteiger partial charge in [0.15, 0.2) is 0 Å². The smallest absolute Gasteiger partial charge is 0.0383 e. The molecule has 0 aromatic rings. The maximum Gasteiger partial charge on any atom is -0.0383 e. The summed E-state index contributed by atoms with van der Waals surface area (Å²) in [6.45, 7) is 9.40. The third-order valence-corrected chi connectivity index (χ3v) is 9.76. The minimum Gasteiger partial charge on any atom is -0.0654 e. The summed E-state index contributed by atoms with van der Waals surface area (Å²) >= 11 is 0. The molecule has 1 rings (SSSR count). The van der Waals surface area contributed by atoms with E-state index in [9.17, 15) is 0 Å². The summed E-state index contributed by atoms with van der Waals surface area (Å²) in [7, 11) is 0. The lowest BCUT2D eigenvalue weighted by atomic mass is 9.63. The van der Waals surface area contributed by atoms with E-state index in [1.807, 2.05) is 0 Å². The second-order valence-corrected chi connectivity index (χ2v) is 13.0. The zero-order valence-electron chi connectivity index (χ0n) is 26.1. The van der Waals surface area contributed by atoms with Gasteiger partial charge >= 0.3 is 0 Å². The van der Waals surface area contributed by atoms with Crippen LogP contribution in [0.2, 0.25) is 0 Å². The highest BCUT2D eigenvalue weighted by Gasteiger charge is 2.35. The molecular weight excluding hydrogens is 432 g/mol. The summed E-state index contributed by atoms with van der Waals surface area (Å²) in [5, 5.41) is 0. The second-order valence-electron chi connectivity index (χ2n) is 13.0. The number of hydrogen-bond acceptors (Lipinski definition) is 0. The van der Waals surface area contributed by atoms with Gasteiger partial charge in [0.25, 0.3) is 0 Å². The molecule has 0 aliphatic heterocycles. The molecule has 0 amide bonds. The molecule has 4 unspecified atom stereocenters. The average molecular weight is 505 g/mol. The Bertz CT molecular complexity index is 426. The van der Waals surface area contributed by atoms with E-state index in [1.165, 1.54) is 141 Å². The average Bonchev–Trinajstić information content (AvgIpc) is 2.89. The molecule has 0 nitrogen and oxygen atoms in total. The Labute approximate surface area is 231 Å². The van der Waals surface area contributed by atoms with Crippen molar-refractivity contribution < 1.29 is 0 Å². The standard InChI is InChI=1S/C36H72/c1-5-9-13-17-20-24-28-34-32-36(30-26-22-19-15-11-7-3)35(29-25-21-18-14-10-6-2)31-33(34)27-23-16-12-8-4/h33-36H,5-32H2,1-4H3. The van der Waals surface area contributed by atoms with Crippen LogP contribution in [0.3, 0.4) is 0 Å². The van der Waals surface area contributed by atoms with E-state index in [-0.39, 0.29) is 0 Å². The van der Waals surface area contributed by atoms with Crippen LogP contribution >= 0.6 is 0 Å². The molecule has 0 aromatic carbocycles. The molecule has 0 aromatic heterocycles. The molecule has 1 aliphatic carbocycles. The highest BCUT2D eigenvalue weighted by Crippen LogP contribution is 2.46. The van der Waals surface area contributed by atoms with Crippen LogP contribution in [0.4, 0.5) is 0 Å². The molecule has 0 radical (unpaired) electrons. The summed E-state index contributed by atoms with van der Waals surface area (Å²) in [5.74, 6) is 4.24. The summed E-state index contributed by atoms with van der Waals surface area (Å²) in [6.07, 6.45) is 41.7. The van der Waals surface area contributed by atoms with Crippen LogP contribution in [0.5, 0.6) is 0 Å². The molecule has 0 N–H and O–H groups in total. The van der Waals surface area contributed by atoms with Crippen molar-refractivity contribution >= 4 is 0 Å². The minimum absolute atomic E-state index is 1.06. The quantitative estimate of drug-likeness (QED) is 0.103. The second kappa shape index (κ2) is 25.3. The van der Waals surface area contributed by atoms with Crippen molar-refractivity contribution in [1.29, 1.82) is 0 Å². The molecule has 0 bridgehead atoms. The first-order valence-electron chi connectivity index (χ1n) is 17.8. The molecule has 216 valence electrons. The zero-order valence-corrected chi connectivity index (χ0v) is 26.1. The van der Waals surface area contributed by atoms with E-state index >= 15 is 0 Å². The van der Waals surface area contributed by atoms with Gasteiger partial charge < -0.3 is 0 Å². The molecule has 0 heterocycles. The topological polar surface area (TPSA) is 0 Å². The monoisotopic (exact) mass is 505 g/mol. The summed E-state index contributed by atoms with van der Waals surface area (Å²) in [6, 6.07) is 0. The van der Waals surface area contributed by atoms with Gasteiger partial charge in [-0.25, -0.2) is 0 Å². The summed E-state index contributed by atoms with van der Waals surface area (Å²) < 4.78 is 0. The van der Waals surface area contributed by atoms with Gasteiger partial charge in [0.1, 0.15) is 0 Å². The molecule has 4 atom stereocenters. The molecular formula is C36H72. The largest absolute Gasteiger partial charge is 0.0654 e. The van der Waals surface area contributed by atoms with E-state index in [4.69, 9.17) is 0 Å². The molecule has 0 saturated heterocycles. The Kier molecular flexibility index (Phi) is 23.9. The Balaban J connectivity index is 2.64. The maximum absolute atomic E-state index is 2.37. The number of hydrogen-bond donors (Lipinski definition) is 0. The Morgan fingerprint density at radius 1 is 0.278 bits per heavy atom. The van der Waals surface area contributed by atoms with Crippen molar-refractivity contribution in [1.82, 2.24) is 0 Å². The van der Waals surface area contributed by atoms with Gasteiger partial charge in [0.05, 0.1) is 0 Å². The van der Waals surface area contributed by atoms with Crippen molar-refractivity contribution in [3.05, 3.63) is 0 Å². The van der Waals surface area contributed by atoms with Crippen LogP contribution in [0.15, 0.2) is 0 Å². The molecule has 0 spiro atoms. The lowest BCUT2D eigenvalue weighted by molar-refractivity contribution is 0.0814. The Morgan fingerprint density at radius 3 is 0.722 bits per heavy atom. The molecule has 0 heteroatoms. The lowest BCUT2D eigenvalue weighted by Gasteiger charge is -2.42. The van der Waals surface area contributed by atoms with Crippen molar-refractivity contribution in [3.63, 3.8) is 0 Å². The Morgan fingerprint density at radius 2 is 0.472 bits per heavy atom. The third kappa shape index (κ3) is 17.5. The van der Waals surface area contributed by atoms with Crippen LogP contribution in [0, 0.1) is 23.7 Å². The first-order valence-corrected chi connectivity index (χ1v) is 17.8. The fraction of sp³-hybridized carbons (Fsp3) is 1.00. The van der Waals surface area contributed by atoms with E-state index in [2.05, 4.69) is 27.7 Å². The van der Waals surface area contributed by atoms with Gasteiger partial charge in [-0.2, -0.15) is 0 Å². The van der Waals surface area contributed by atoms with Crippen LogP contribution in [0.25, 0.3) is 0 Å². The van der Waals surface area contributed by atoms with E-state index in [0.717, 1.165) is 23.7 Å². The van der Waals surface area contributed by atoms with E-state index < -0.39 is 0 Å². The van der Waals surface area contributed by atoms with Gasteiger partial charge in [-0.15, -0.1) is 0 Å². The SMILES string of the molecule is CCCCCCCCC1CC(CCCCCCCC)C(CCCCCCCC)CC1CCCCCC. The first-order chi connectivity index (χ1) is 17.8. The molecule has 1 aliphatic rings. The highest BCUT2D eigenvalue weighted by molar-refractivity contribution is 4.86. The Hall–Kier alpha value is 0. The van der Waals surface area contributed by atoms with Gasteiger partial charge in [-0.1, -0.05) is 195 Å². The molecule has 36 heavy (non-hydrogen) atoms. The van der Waals surface area contributed by atoms with Crippen LogP contribution in [-0.2, 0) is 0 Å². The lowest BCUT2D eigenvalue weighted by Crippen LogP contribution is -2.32. The predicted molar refractivity (Wildman–Crippen MR) is 166 cm³/mol. The van der Waals surface area contributed by atoms with E-state index in [0.29, 0.717) is 0 Å². The van der Waals surface area contributed by atoms with Crippen molar-refractivity contribution in [2.75, 3.05) is 0 Å². The predicted octanol–water partition coefficient (Wildman–Crippen LogP) is 13.5. The first kappa shape index (κ1) is 34.0. The maximum atomic E-state index is 2.37. The van der Waals surface area contributed by atoms with Crippen LogP contribution < -0.4 is 0 Å². The number of rotatable bonds is 26. The van der Waals surface area contributed by atoms with Crippen molar-refractivity contribution in [2.24, 2.45) is 23.7 Å². The van der Waals surface area contributed by atoms with Crippen molar-refractivity contribution in [3.8, 4) is 0 Å². The van der Waals surface area contributed by atoms with Gasteiger partial charge in [0.2, 0.25) is 0 Å².